The van der Waals surface area contributed by atoms with E-state index in [0.29, 0.717) is 26.2 Å². The molecule has 4 bridgehead atoms. The molecule has 0 radical (unpaired) electrons. The number of benzene rings is 1. The van der Waals surface area contributed by atoms with E-state index in [1.807, 2.05) is 6.92 Å². The van der Waals surface area contributed by atoms with Crippen LogP contribution in [0, 0.1) is 17.8 Å². The summed E-state index contributed by atoms with van der Waals surface area (Å²) in [5.41, 5.74) is 0.00924. The number of rotatable bonds is 5. The molecule has 1 atom stereocenters. The zero-order valence-electron chi connectivity index (χ0n) is 18.1. The van der Waals surface area contributed by atoms with Crippen LogP contribution in [-0.2, 0) is 14.8 Å². The van der Waals surface area contributed by atoms with Gasteiger partial charge in [0.05, 0.1) is 11.1 Å². The molecule has 1 saturated heterocycles. The van der Waals surface area contributed by atoms with Crippen molar-refractivity contribution >= 4 is 27.5 Å². The molecule has 1 amide bonds. The Hall–Kier alpha value is -1.15. The first kappa shape index (κ1) is 21.7. The number of halogens is 1. The third kappa shape index (κ3) is 4.03. The van der Waals surface area contributed by atoms with Gasteiger partial charge in [0.15, 0.2) is 0 Å². The summed E-state index contributed by atoms with van der Waals surface area (Å²) >= 11 is 6.13. The van der Waals surface area contributed by atoms with E-state index in [2.05, 4.69) is 10.2 Å². The molecule has 5 aliphatic rings. The van der Waals surface area contributed by atoms with Gasteiger partial charge in [-0.25, -0.2) is 8.42 Å². The van der Waals surface area contributed by atoms with Crippen molar-refractivity contribution in [2.45, 2.75) is 61.9 Å². The Labute approximate surface area is 190 Å². The average Bonchev–Trinajstić information content (AvgIpc) is 2.72. The van der Waals surface area contributed by atoms with Crippen LogP contribution in [-0.4, -0.2) is 61.3 Å². The van der Waals surface area contributed by atoms with Gasteiger partial charge in [0.2, 0.25) is 15.9 Å². The minimum absolute atomic E-state index is 0.00924. The number of carbonyl (C=O) groups is 1. The molecular formula is C23H32ClN3O3S. The molecule has 1 aromatic carbocycles. The summed E-state index contributed by atoms with van der Waals surface area (Å²) in [6.45, 7) is 3.76. The number of nitrogens with one attached hydrogen (secondary N) is 1. The monoisotopic (exact) mass is 465 g/mol. The molecule has 8 heteroatoms. The fourth-order valence-corrected chi connectivity index (χ4v) is 8.84. The van der Waals surface area contributed by atoms with E-state index in [-0.39, 0.29) is 27.4 Å². The normalized spacial score (nSPS) is 34.6. The maximum Gasteiger partial charge on any atom is 0.244 e. The molecule has 0 spiro atoms. The molecule has 1 unspecified atom stereocenters. The van der Waals surface area contributed by atoms with Gasteiger partial charge in [0.25, 0.3) is 0 Å². The van der Waals surface area contributed by atoms with Gasteiger partial charge in [-0.3, -0.25) is 9.69 Å². The molecule has 6 nitrogen and oxygen atoms in total. The summed E-state index contributed by atoms with van der Waals surface area (Å²) in [7, 11) is -3.62. The molecule has 1 heterocycles. The fraction of sp³-hybridized carbons (Fsp3) is 0.696. The van der Waals surface area contributed by atoms with E-state index < -0.39 is 10.0 Å². The maximum absolute atomic E-state index is 13.2. The van der Waals surface area contributed by atoms with Gasteiger partial charge >= 0.3 is 0 Å². The predicted molar refractivity (Wildman–Crippen MR) is 120 cm³/mol. The fourth-order valence-electron chi connectivity index (χ4n) is 6.92. The summed E-state index contributed by atoms with van der Waals surface area (Å²) in [5, 5.41) is 3.71. The highest BCUT2D eigenvalue weighted by atomic mass is 35.5. The summed E-state index contributed by atoms with van der Waals surface area (Å²) in [6, 6.07) is 6.31. The van der Waals surface area contributed by atoms with Crippen LogP contribution in [0.5, 0.6) is 0 Å². The van der Waals surface area contributed by atoms with Crippen LogP contribution in [0.2, 0.25) is 5.02 Å². The third-order valence-corrected chi connectivity index (χ3v) is 10.5. The van der Waals surface area contributed by atoms with Gasteiger partial charge in [-0.2, -0.15) is 4.31 Å². The van der Waals surface area contributed by atoms with Gasteiger partial charge in [-0.05, 0) is 75.3 Å². The van der Waals surface area contributed by atoms with Gasteiger partial charge < -0.3 is 5.32 Å². The van der Waals surface area contributed by atoms with Crippen molar-refractivity contribution in [3.8, 4) is 0 Å². The minimum atomic E-state index is -3.62. The van der Waals surface area contributed by atoms with Crippen molar-refractivity contribution in [1.82, 2.24) is 14.5 Å². The Bertz CT molecular complexity index is 923. The van der Waals surface area contributed by atoms with E-state index in [1.54, 1.807) is 24.3 Å². The topological polar surface area (TPSA) is 69.7 Å². The Balaban J connectivity index is 1.20. The van der Waals surface area contributed by atoms with Crippen LogP contribution in [0.1, 0.15) is 45.4 Å². The molecule has 4 aliphatic carbocycles. The molecule has 1 aliphatic heterocycles. The van der Waals surface area contributed by atoms with E-state index in [4.69, 9.17) is 11.6 Å². The molecule has 170 valence electrons. The zero-order valence-corrected chi connectivity index (χ0v) is 19.7. The average molecular weight is 466 g/mol. The summed E-state index contributed by atoms with van der Waals surface area (Å²) in [4.78, 5) is 15.4. The van der Waals surface area contributed by atoms with Crippen LogP contribution in [0.25, 0.3) is 0 Å². The molecule has 6 rings (SSSR count). The highest BCUT2D eigenvalue weighted by Crippen LogP contribution is 2.55. The predicted octanol–water partition coefficient (Wildman–Crippen LogP) is 3.12. The number of hydrogen-bond donors (Lipinski definition) is 1. The quantitative estimate of drug-likeness (QED) is 0.725. The molecule has 4 saturated carbocycles. The smallest absolute Gasteiger partial charge is 0.244 e. The first-order valence-corrected chi connectivity index (χ1v) is 13.4. The van der Waals surface area contributed by atoms with E-state index in [0.717, 1.165) is 37.0 Å². The van der Waals surface area contributed by atoms with Gasteiger partial charge in [0.1, 0.15) is 4.90 Å². The van der Waals surface area contributed by atoms with Crippen molar-refractivity contribution < 1.29 is 13.2 Å². The lowest BCUT2D eigenvalue weighted by Crippen LogP contribution is -2.63. The molecule has 0 aromatic heterocycles. The second kappa shape index (κ2) is 8.01. The Morgan fingerprint density at radius 2 is 1.58 bits per heavy atom. The second-order valence-electron chi connectivity index (χ2n) is 10.2. The van der Waals surface area contributed by atoms with Crippen molar-refractivity contribution in [2.24, 2.45) is 17.8 Å². The number of amides is 1. The van der Waals surface area contributed by atoms with E-state index in [9.17, 15) is 13.2 Å². The maximum atomic E-state index is 13.2. The Morgan fingerprint density at radius 1 is 1.03 bits per heavy atom. The lowest BCUT2D eigenvalue weighted by Gasteiger charge is -2.57. The summed E-state index contributed by atoms with van der Waals surface area (Å²) < 4.78 is 27.4. The van der Waals surface area contributed by atoms with Crippen molar-refractivity contribution in [3.05, 3.63) is 29.3 Å². The lowest BCUT2D eigenvalue weighted by atomic mass is 9.53. The number of hydrogen-bond acceptors (Lipinski definition) is 4. The first-order valence-electron chi connectivity index (χ1n) is 11.6. The third-order valence-electron chi connectivity index (χ3n) is 8.08. The lowest BCUT2D eigenvalue weighted by molar-refractivity contribution is -0.132. The van der Waals surface area contributed by atoms with Crippen LogP contribution < -0.4 is 5.32 Å². The first-order chi connectivity index (χ1) is 14.8. The van der Waals surface area contributed by atoms with E-state index >= 15 is 0 Å². The van der Waals surface area contributed by atoms with Crippen LogP contribution in [0.15, 0.2) is 29.2 Å². The van der Waals surface area contributed by atoms with Crippen LogP contribution in [0.3, 0.4) is 0 Å². The molecule has 1 N–H and O–H groups in total. The number of sulfonamides is 1. The standard InChI is InChI=1S/C23H32ClN3O3S/c1-16(22(28)25-23-13-17-10-18(14-23)12-19(11-17)15-23)26-6-8-27(9-7-26)31(29,30)21-5-3-2-4-20(21)24/h2-5,16-19H,6-15H2,1H3,(H,25,28). The number of nitrogens with zero attached hydrogens (tertiary/aromatic N) is 2. The highest BCUT2D eigenvalue weighted by Gasteiger charge is 2.52. The van der Waals surface area contributed by atoms with Crippen molar-refractivity contribution in [1.29, 1.82) is 0 Å². The number of piperazine rings is 1. The Kier molecular flexibility index (Phi) is 5.60. The van der Waals surface area contributed by atoms with Crippen molar-refractivity contribution in [3.63, 3.8) is 0 Å². The Morgan fingerprint density at radius 3 is 2.13 bits per heavy atom. The second-order valence-corrected chi connectivity index (χ2v) is 12.5. The SMILES string of the molecule is CC(C(=O)NC12CC3CC(CC(C3)C1)C2)N1CCN(S(=O)(=O)c2ccccc2Cl)CC1. The van der Waals surface area contributed by atoms with Crippen molar-refractivity contribution in [2.75, 3.05) is 26.2 Å². The van der Waals surface area contributed by atoms with Gasteiger partial charge in [-0.15, -0.1) is 0 Å². The van der Waals surface area contributed by atoms with E-state index in [1.165, 1.54) is 23.6 Å². The molecule has 1 aromatic rings. The van der Waals surface area contributed by atoms with Gasteiger partial charge in [0, 0.05) is 31.7 Å². The molecule has 5 fully saturated rings. The summed E-state index contributed by atoms with van der Waals surface area (Å²) in [5.74, 6) is 2.48. The molecule has 31 heavy (non-hydrogen) atoms. The van der Waals surface area contributed by atoms with Crippen LogP contribution >= 0.6 is 11.6 Å². The highest BCUT2D eigenvalue weighted by molar-refractivity contribution is 7.89. The summed E-state index contributed by atoms with van der Waals surface area (Å²) in [6.07, 6.45) is 7.48. The largest absolute Gasteiger partial charge is 0.349 e. The molecular weight excluding hydrogens is 434 g/mol. The van der Waals surface area contributed by atoms with Crippen LogP contribution in [0.4, 0.5) is 0 Å². The minimum Gasteiger partial charge on any atom is -0.349 e. The zero-order chi connectivity index (χ0) is 21.8. The number of carbonyl (C=O) groups excluding carboxylic acids is 1. The van der Waals surface area contributed by atoms with Gasteiger partial charge in [-0.1, -0.05) is 23.7 Å².